The highest BCUT2D eigenvalue weighted by molar-refractivity contribution is 6.35. The second-order valence-corrected chi connectivity index (χ2v) is 5.13. The van der Waals surface area contributed by atoms with E-state index in [0.29, 0.717) is 29.5 Å². The molecule has 1 saturated heterocycles. The number of hydrogen-bond donors (Lipinski definition) is 0. The van der Waals surface area contributed by atoms with Gasteiger partial charge in [0.25, 0.3) is 11.7 Å². The van der Waals surface area contributed by atoms with Crippen molar-refractivity contribution >= 4 is 23.2 Å². The third kappa shape index (κ3) is 1.37. The van der Waals surface area contributed by atoms with Crippen molar-refractivity contribution in [2.75, 3.05) is 18.1 Å². The second-order valence-electron chi connectivity index (χ2n) is 4.72. The quantitative estimate of drug-likeness (QED) is 0.784. The molecule has 2 aliphatic rings. The van der Waals surface area contributed by atoms with Gasteiger partial charge in [-0.3, -0.25) is 4.79 Å². The smallest absolute Gasteiger partial charge is 0.292 e. The van der Waals surface area contributed by atoms with E-state index in [9.17, 15) is 4.79 Å². The summed E-state index contributed by atoms with van der Waals surface area (Å²) in [6.45, 7) is 4.73. The number of benzene rings is 1. The molecule has 3 rings (SSSR count). The fourth-order valence-electron chi connectivity index (χ4n) is 2.59. The van der Waals surface area contributed by atoms with Crippen LogP contribution in [-0.4, -0.2) is 25.2 Å². The normalized spacial score (nSPS) is 21.1. The summed E-state index contributed by atoms with van der Waals surface area (Å²) >= 11 is 6.23. The topological polar surface area (TPSA) is 38.8 Å². The first-order valence-corrected chi connectivity index (χ1v) is 6.36. The zero-order valence-corrected chi connectivity index (χ0v) is 11.0. The van der Waals surface area contributed by atoms with Crippen molar-refractivity contribution in [2.45, 2.75) is 25.7 Å². The molecule has 0 N–H and O–H groups in total. The fraction of sp³-hybridized carbons (Fsp3) is 0.462. The van der Waals surface area contributed by atoms with Crippen LogP contribution in [0.1, 0.15) is 19.4 Å². The maximum atomic E-state index is 12.6. The number of anilines is 1. The van der Waals surface area contributed by atoms with Crippen LogP contribution in [0.5, 0.6) is 0 Å². The van der Waals surface area contributed by atoms with Crippen molar-refractivity contribution in [1.82, 2.24) is 0 Å². The molecular formula is C13H14ClNO3. The van der Waals surface area contributed by atoms with Gasteiger partial charge in [0.2, 0.25) is 0 Å². The second kappa shape index (κ2) is 3.95. The summed E-state index contributed by atoms with van der Waals surface area (Å²) in [6, 6.07) is 5.43. The maximum Gasteiger partial charge on any atom is 0.292 e. The third-order valence-electron chi connectivity index (χ3n) is 3.29. The van der Waals surface area contributed by atoms with Crippen LogP contribution in [-0.2, 0) is 20.1 Å². The maximum absolute atomic E-state index is 12.6. The SMILES string of the molecule is CC(C)N1C(=O)C2(OCCO2)c2cccc(Cl)c21. The number of rotatable bonds is 1. The molecule has 1 amide bonds. The third-order valence-corrected chi connectivity index (χ3v) is 3.60. The van der Waals surface area contributed by atoms with Crippen LogP contribution in [0.2, 0.25) is 5.02 Å². The standard InChI is InChI=1S/C13H14ClNO3/c1-8(2)15-11-9(4-3-5-10(11)14)13(12(15)16)17-6-7-18-13/h3-5,8H,6-7H2,1-2H3. The summed E-state index contributed by atoms with van der Waals surface area (Å²) in [5.74, 6) is -1.46. The van der Waals surface area contributed by atoms with E-state index in [1.54, 1.807) is 11.0 Å². The summed E-state index contributed by atoms with van der Waals surface area (Å²) in [5.41, 5.74) is 1.42. The van der Waals surface area contributed by atoms with Gasteiger partial charge < -0.3 is 14.4 Å². The van der Waals surface area contributed by atoms with Gasteiger partial charge in [0.1, 0.15) is 0 Å². The van der Waals surface area contributed by atoms with Crippen LogP contribution in [0.4, 0.5) is 5.69 Å². The number of amides is 1. The highest BCUT2D eigenvalue weighted by Crippen LogP contribution is 2.49. The molecule has 18 heavy (non-hydrogen) atoms. The number of hydrogen-bond acceptors (Lipinski definition) is 3. The first-order valence-electron chi connectivity index (χ1n) is 5.98. The van der Waals surface area contributed by atoms with Gasteiger partial charge in [-0.2, -0.15) is 0 Å². The molecule has 0 aromatic heterocycles. The van der Waals surface area contributed by atoms with E-state index in [4.69, 9.17) is 21.1 Å². The average molecular weight is 268 g/mol. The van der Waals surface area contributed by atoms with E-state index in [-0.39, 0.29) is 11.9 Å². The number of carbonyl (C=O) groups excluding carboxylic acids is 1. The molecule has 96 valence electrons. The lowest BCUT2D eigenvalue weighted by molar-refractivity contribution is -0.181. The van der Waals surface area contributed by atoms with Crippen LogP contribution < -0.4 is 4.90 Å². The van der Waals surface area contributed by atoms with Crippen LogP contribution >= 0.6 is 11.6 Å². The van der Waals surface area contributed by atoms with Crippen molar-refractivity contribution < 1.29 is 14.3 Å². The molecule has 0 radical (unpaired) electrons. The number of carbonyl (C=O) groups is 1. The summed E-state index contributed by atoms with van der Waals surface area (Å²) in [5, 5.41) is 0.547. The van der Waals surface area contributed by atoms with E-state index in [0.717, 1.165) is 0 Å². The molecule has 5 heteroatoms. The van der Waals surface area contributed by atoms with Crippen molar-refractivity contribution in [3.05, 3.63) is 28.8 Å². The van der Waals surface area contributed by atoms with E-state index >= 15 is 0 Å². The van der Waals surface area contributed by atoms with Crippen molar-refractivity contribution in [1.29, 1.82) is 0 Å². The molecule has 1 fully saturated rings. The number of nitrogens with zero attached hydrogens (tertiary/aromatic N) is 1. The van der Waals surface area contributed by atoms with Crippen molar-refractivity contribution in [3.8, 4) is 0 Å². The molecule has 2 aliphatic heterocycles. The molecule has 0 saturated carbocycles. The molecule has 1 spiro atoms. The molecule has 1 aromatic carbocycles. The van der Waals surface area contributed by atoms with Crippen molar-refractivity contribution in [3.63, 3.8) is 0 Å². The minimum absolute atomic E-state index is 0.00308. The Labute approximate surface area is 110 Å². The number of fused-ring (bicyclic) bond motifs is 2. The van der Waals surface area contributed by atoms with E-state index < -0.39 is 5.79 Å². The van der Waals surface area contributed by atoms with Gasteiger partial charge in [0, 0.05) is 11.6 Å². The first-order chi connectivity index (χ1) is 8.58. The van der Waals surface area contributed by atoms with E-state index in [1.807, 2.05) is 26.0 Å². The Balaban J connectivity index is 2.24. The summed E-state index contributed by atoms with van der Waals surface area (Å²) in [7, 11) is 0. The fourth-order valence-corrected chi connectivity index (χ4v) is 2.85. The van der Waals surface area contributed by atoms with Gasteiger partial charge in [-0.25, -0.2) is 0 Å². The summed E-state index contributed by atoms with van der Waals surface area (Å²) in [4.78, 5) is 14.3. The Morgan fingerprint density at radius 1 is 1.33 bits per heavy atom. The molecule has 0 bridgehead atoms. The predicted molar refractivity (Wildman–Crippen MR) is 67.7 cm³/mol. The minimum Gasteiger partial charge on any atom is -0.336 e. The zero-order chi connectivity index (χ0) is 12.9. The van der Waals surface area contributed by atoms with E-state index in [1.165, 1.54) is 0 Å². The first kappa shape index (κ1) is 12.0. The minimum atomic E-state index is -1.27. The van der Waals surface area contributed by atoms with Gasteiger partial charge in [-0.05, 0) is 19.9 Å². The Morgan fingerprint density at radius 3 is 2.61 bits per heavy atom. The monoisotopic (exact) mass is 267 g/mol. The van der Waals surface area contributed by atoms with Crippen LogP contribution in [0, 0.1) is 0 Å². The van der Waals surface area contributed by atoms with Gasteiger partial charge in [-0.1, -0.05) is 23.7 Å². The van der Waals surface area contributed by atoms with Gasteiger partial charge in [-0.15, -0.1) is 0 Å². The molecule has 2 heterocycles. The molecular weight excluding hydrogens is 254 g/mol. The highest BCUT2D eigenvalue weighted by Gasteiger charge is 2.57. The number of para-hydroxylation sites is 1. The Morgan fingerprint density at radius 2 is 2.00 bits per heavy atom. The largest absolute Gasteiger partial charge is 0.336 e. The van der Waals surface area contributed by atoms with Gasteiger partial charge in [0.05, 0.1) is 23.9 Å². The zero-order valence-electron chi connectivity index (χ0n) is 10.3. The van der Waals surface area contributed by atoms with Crippen LogP contribution in [0.15, 0.2) is 18.2 Å². The van der Waals surface area contributed by atoms with Crippen LogP contribution in [0.25, 0.3) is 0 Å². The predicted octanol–water partition coefficient (Wildman–Crippen LogP) is 2.29. The lowest BCUT2D eigenvalue weighted by Gasteiger charge is -2.24. The molecule has 1 aromatic rings. The lowest BCUT2D eigenvalue weighted by atomic mass is 10.1. The molecule has 0 aliphatic carbocycles. The molecule has 0 unspecified atom stereocenters. The molecule has 4 nitrogen and oxygen atoms in total. The average Bonchev–Trinajstić information content (AvgIpc) is 2.89. The van der Waals surface area contributed by atoms with Crippen molar-refractivity contribution in [2.24, 2.45) is 0 Å². The summed E-state index contributed by atoms with van der Waals surface area (Å²) < 4.78 is 11.2. The lowest BCUT2D eigenvalue weighted by Crippen LogP contribution is -2.44. The molecule has 0 atom stereocenters. The number of ether oxygens (including phenoxy) is 2. The van der Waals surface area contributed by atoms with E-state index in [2.05, 4.69) is 0 Å². The Kier molecular flexibility index (Phi) is 2.62. The van der Waals surface area contributed by atoms with Gasteiger partial charge >= 0.3 is 0 Å². The number of halogens is 1. The highest BCUT2D eigenvalue weighted by atomic mass is 35.5. The Bertz CT molecular complexity index is 509. The van der Waals surface area contributed by atoms with Gasteiger partial charge in [0.15, 0.2) is 0 Å². The summed E-state index contributed by atoms with van der Waals surface area (Å²) in [6.07, 6.45) is 0. The Hall–Kier alpha value is -1.10. The van der Waals surface area contributed by atoms with Crippen LogP contribution in [0.3, 0.4) is 0 Å².